The van der Waals surface area contributed by atoms with E-state index in [-0.39, 0.29) is 11.9 Å². The Labute approximate surface area is 147 Å². The van der Waals surface area contributed by atoms with Gasteiger partial charge in [-0.25, -0.2) is 4.98 Å². The normalized spacial score (nSPS) is 15.5. The summed E-state index contributed by atoms with van der Waals surface area (Å²) in [5.41, 5.74) is 2.97. The molecule has 0 radical (unpaired) electrons. The molecule has 1 unspecified atom stereocenters. The van der Waals surface area contributed by atoms with Gasteiger partial charge >= 0.3 is 0 Å². The fourth-order valence-electron chi connectivity index (χ4n) is 3.03. The van der Waals surface area contributed by atoms with Crippen molar-refractivity contribution >= 4 is 22.9 Å². The second kappa shape index (κ2) is 7.34. The van der Waals surface area contributed by atoms with Crippen LogP contribution in [0.15, 0.2) is 24.3 Å². The highest BCUT2D eigenvalue weighted by Gasteiger charge is 2.19. The maximum absolute atomic E-state index is 12.6. The third-order valence-electron chi connectivity index (χ3n) is 4.66. The zero-order valence-electron chi connectivity index (χ0n) is 14.6. The first-order valence-corrected chi connectivity index (χ1v) is 9.50. The smallest absolute Gasteiger partial charge is 0.251 e. The molecular weight excluding hydrogens is 318 g/mol. The number of benzene rings is 1. The average molecular weight is 343 g/mol. The highest BCUT2D eigenvalue weighted by atomic mass is 32.1. The SMILES string of the molecule is CCC(NC(=O)c1ccc(N2CCCC2)cc1)c1nc(C)c(C)s1. The van der Waals surface area contributed by atoms with Crippen molar-refractivity contribution in [3.05, 3.63) is 45.4 Å². The number of aryl methyl sites for hydroxylation is 2. The number of rotatable bonds is 5. The number of anilines is 1. The number of carbonyl (C=O) groups is 1. The van der Waals surface area contributed by atoms with Crippen LogP contribution in [-0.2, 0) is 0 Å². The Morgan fingerprint density at radius 1 is 1.25 bits per heavy atom. The molecule has 1 aliphatic heterocycles. The number of aromatic nitrogens is 1. The summed E-state index contributed by atoms with van der Waals surface area (Å²) < 4.78 is 0. The first kappa shape index (κ1) is 17.0. The van der Waals surface area contributed by atoms with Gasteiger partial charge < -0.3 is 10.2 Å². The Bertz CT molecular complexity index is 682. The van der Waals surface area contributed by atoms with Crippen LogP contribution >= 0.6 is 11.3 Å². The van der Waals surface area contributed by atoms with Crippen LogP contribution in [0.5, 0.6) is 0 Å². The summed E-state index contributed by atoms with van der Waals surface area (Å²) in [7, 11) is 0. The summed E-state index contributed by atoms with van der Waals surface area (Å²) in [5, 5.41) is 4.12. The van der Waals surface area contributed by atoms with E-state index in [1.54, 1.807) is 11.3 Å². The van der Waals surface area contributed by atoms with Crippen molar-refractivity contribution in [1.82, 2.24) is 10.3 Å². The molecule has 1 saturated heterocycles. The average Bonchev–Trinajstić information content (AvgIpc) is 3.23. The van der Waals surface area contributed by atoms with Crippen molar-refractivity contribution in [3.63, 3.8) is 0 Å². The Morgan fingerprint density at radius 3 is 2.46 bits per heavy atom. The second-order valence-electron chi connectivity index (χ2n) is 6.37. The second-order valence-corrected chi connectivity index (χ2v) is 7.60. The summed E-state index contributed by atoms with van der Waals surface area (Å²) in [5.74, 6) is -0.0275. The van der Waals surface area contributed by atoms with E-state index in [4.69, 9.17) is 0 Å². The number of carbonyl (C=O) groups excluding carboxylic acids is 1. The molecule has 0 spiro atoms. The van der Waals surface area contributed by atoms with E-state index in [0.29, 0.717) is 5.56 Å². The van der Waals surface area contributed by atoms with Crippen LogP contribution in [0.1, 0.15) is 58.2 Å². The van der Waals surface area contributed by atoms with Gasteiger partial charge in [0, 0.05) is 29.2 Å². The van der Waals surface area contributed by atoms with Gasteiger partial charge in [0.05, 0.1) is 11.7 Å². The number of hydrogen-bond donors (Lipinski definition) is 1. The zero-order chi connectivity index (χ0) is 17.1. The molecule has 24 heavy (non-hydrogen) atoms. The summed E-state index contributed by atoms with van der Waals surface area (Å²) in [6, 6.07) is 7.94. The molecule has 0 aliphatic carbocycles. The van der Waals surface area contributed by atoms with E-state index in [1.165, 1.54) is 23.4 Å². The van der Waals surface area contributed by atoms with E-state index in [0.717, 1.165) is 30.2 Å². The molecule has 5 heteroatoms. The summed E-state index contributed by atoms with van der Waals surface area (Å²) in [4.78, 5) is 20.7. The van der Waals surface area contributed by atoms with Gasteiger partial charge in [-0.2, -0.15) is 0 Å². The van der Waals surface area contributed by atoms with E-state index in [2.05, 4.69) is 41.2 Å². The van der Waals surface area contributed by atoms with Crippen LogP contribution in [0.2, 0.25) is 0 Å². The molecule has 2 aromatic rings. The Balaban J connectivity index is 1.68. The minimum absolute atomic E-state index is 0.0202. The molecule has 0 bridgehead atoms. The number of nitrogens with zero attached hydrogens (tertiary/aromatic N) is 2. The number of amides is 1. The van der Waals surface area contributed by atoms with Crippen LogP contribution < -0.4 is 10.2 Å². The van der Waals surface area contributed by atoms with Crippen LogP contribution in [0, 0.1) is 13.8 Å². The molecule has 4 nitrogen and oxygen atoms in total. The van der Waals surface area contributed by atoms with Gasteiger partial charge in [-0.1, -0.05) is 6.92 Å². The molecule has 1 aromatic heterocycles. The minimum atomic E-state index is -0.0275. The van der Waals surface area contributed by atoms with Crippen LogP contribution in [0.4, 0.5) is 5.69 Å². The third-order valence-corrected chi connectivity index (χ3v) is 5.84. The van der Waals surface area contributed by atoms with E-state index in [1.807, 2.05) is 19.1 Å². The first-order chi connectivity index (χ1) is 11.6. The highest BCUT2D eigenvalue weighted by molar-refractivity contribution is 7.11. The van der Waals surface area contributed by atoms with Crippen LogP contribution in [0.3, 0.4) is 0 Å². The topological polar surface area (TPSA) is 45.2 Å². The fourth-order valence-corrected chi connectivity index (χ4v) is 4.08. The summed E-state index contributed by atoms with van der Waals surface area (Å²) >= 11 is 1.67. The lowest BCUT2D eigenvalue weighted by atomic mass is 10.1. The Kier molecular flexibility index (Phi) is 5.19. The number of thiazole rings is 1. The molecule has 3 rings (SSSR count). The van der Waals surface area contributed by atoms with Crippen LogP contribution in [-0.4, -0.2) is 24.0 Å². The molecule has 1 aromatic carbocycles. The molecule has 1 atom stereocenters. The van der Waals surface area contributed by atoms with Gasteiger partial charge in [0.25, 0.3) is 5.91 Å². The van der Waals surface area contributed by atoms with E-state index >= 15 is 0 Å². The van der Waals surface area contributed by atoms with Gasteiger partial charge in [0.15, 0.2) is 0 Å². The summed E-state index contributed by atoms with van der Waals surface area (Å²) in [6.45, 7) is 8.40. The maximum Gasteiger partial charge on any atom is 0.251 e. The lowest BCUT2D eigenvalue weighted by Crippen LogP contribution is -2.28. The number of nitrogens with one attached hydrogen (secondary N) is 1. The minimum Gasteiger partial charge on any atom is -0.372 e. The Hall–Kier alpha value is -1.88. The molecule has 1 fully saturated rings. The molecule has 0 saturated carbocycles. The van der Waals surface area contributed by atoms with Gasteiger partial charge in [0.2, 0.25) is 0 Å². The molecule has 1 N–H and O–H groups in total. The first-order valence-electron chi connectivity index (χ1n) is 8.68. The van der Waals surface area contributed by atoms with Gasteiger partial charge in [0.1, 0.15) is 5.01 Å². The predicted molar refractivity (Wildman–Crippen MR) is 100.0 cm³/mol. The van der Waals surface area contributed by atoms with Crippen LogP contribution in [0.25, 0.3) is 0 Å². The van der Waals surface area contributed by atoms with Crippen molar-refractivity contribution in [3.8, 4) is 0 Å². The van der Waals surface area contributed by atoms with Crippen molar-refractivity contribution in [2.24, 2.45) is 0 Å². The molecule has 1 amide bonds. The third kappa shape index (κ3) is 3.61. The number of hydrogen-bond acceptors (Lipinski definition) is 4. The fraction of sp³-hybridized carbons (Fsp3) is 0.474. The lowest BCUT2D eigenvalue weighted by Gasteiger charge is -2.18. The van der Waals surface area contributed by atoms with Gasteiger partial charge in [-0.05, 0) is 57.4 Å². The van der Waals surface area contributed by atoms with Crippen molar-refractivity contribution in [2.75, 3.05) is 18.0 Å². The molecular formula is C19H25N3OS. The molecule has 2 heterocycles. The van der Waals surface area contributed by atoms with Crippen molar-refractivity contribution in [2.45, 2.75) is 46.1 Å². The quantitative estimate of drug-likeness (QED) is 0.883. The molecule has 128 valence electrons. The lowest BCUT2D eigenvalue weighted by molar-refractivity contribution is 0.0935. The maximum atomic E-state index is 12.6. The zero-order valence-corrected chi connectivity index (χ0v) is 15.4. The van der Waals surface area contributed by atoms with Gasteiger partial charge in [-0.15, -0.1) is 11.3 Å². The highest BCUT2D eigenvalue weighted by Crippen LogP contribution is 2.25. The predicted octanol–water partition coefficient (Wildman–Crippen LogP) is 4.24. The largest absolute Gasteiger partial charge is 0.372 e. The van der Waals surface area contributed by atoms with E-state index < -0.39 is 0 Å². The molecule has 1 aliphatic rings. The van der Waals surface area contributed by atoms with E-state index in [9.17, 15) is 4.79 Å². The van der Waals surface area contributed by atoms with Crippen molar-refractivity contribution in [1.29, 1.82) is 0 Å². The summed E-state index contributed by atoms with van der Waals surface area (Å²) in [6.07, 6.45) is 3.35. The monoisotopic (exact) mass is 343 g/mol. The van der Waals surface area contributed by atoms with Gasteiger partial charge in [-0.3, -0.25) is 4.79 Å². The van der Waals surface area contributed by atoms with Crippen molar-refractivity contribution < 1.29 is 4.79 Å². The Morgan fingerprint density at radius 2 is 1.92 bits per heavy atom. The standard InChI is InChI=1S/C19H25N3OS/c1-4-17(19-20-13(2)14(3)24-19)21-18(23)15-7-9-16(10-8-15)22-11-5-6-12-22/h7-10,17H,4-6,11-12H2,1-3H3,(H,21,23).